The van der Waals surface area contributed by atoms with Crippen LogP contribution in [0, 0.1) is 17.2 Å². The van der Waals surface area contributed by atoms with E-state index in [4.69, 9.17) is 4.74 Å². The third kappa shape index (κ3) is 4.11. The molecule has 1 N–H and O–H groups in total. The third-order valence-corrected chi connectivity index (χ3v) is 4.31. The standard InChI is InChI=1S/C19H27FO3/c1-12(2)17-15-7-6-14(20)10-13(15)8-9-19(17,22)23-16(21)11-18(3,4)5/h6-7,10,12,17,22H,8-9,11H2,1-5H3/t17-,19-/m1/s1. The first-order valence-corrected chi connectivity index (χ1v) is 8.24. The second kappa shape index (κ2) is 6.23. The molecule has 1 aromatic carbocycles. The van der Waals surface area contributed by atoms with Gasteiger partial charge in [-0.25, -0.2) is 4.39 Å². The molecular weight excluding hydrogens is 295 g/mol. The Balaban J connectivity index is 2.31. The highest BCUT2D eigenvalue weighted by Gasteiger charge is 2.46. The van der Waals surface area contributed by atoms with Crippen LogP contribution in [0.1, 0.15) is 64.5 Å². The summed E-state index contributed by atoms with van der Waals surface area (Å²) in [6.07, 6.45) is 1.04. The van der Waals surface area contributed by atoms with Crippen LogP contribution >= 0.6 is 0 Å². The van der Waals surface area contributed by atoms with E-state index in [-0.39, 0.29) is 29.5 Å². The topological polar surface area (TPSA) is 46.5 Å². The van der Waals surface area contributed by atoms with Crippen molar-refractivity contribution in [3.63, 3.8) is 0 Å². The van der Waals surface area contributed by atoms with Crippen LogP contribution in [0.3, 0.4) is 0 Å². The number of aryl methyl sites for hydroxylation is 1. The number of rotatable bonds is 3. The zero-order chi connectivity index (χ0) is 17.4. The number of halogens is 1. The van der Waals surface area contributed by atoms with Gasteiger partial charge in [-0.15, -0.1) is 0 Å². The van der Waals surface area contributed by atoms with Crippen LogP contribution in [-0.2, 0) is 16.0 Å². The molecule has 1 aliphatic carbocycles. The molecule has 0 unspecified atom stereocenters. The number of hydrogen-bond acceptors (Lipinski definition) is 3. The highest BCUT2D eigenvalue weighted by molar-refractivity contribution is 5.70. The zero-order valence-corrected chi connectivity index (χ0v) is 14.6. The van der Waals surface area contributed by atoms with Gasteiger partial charge >= 0.3 is 5.97 Å². The van der Waals surface area contributed by atoms with Crippen molar-refractivity contribution in [1.82, 2.24) is 0 Å². The second-order valence-electron chi connectivity index (χ2n) is 8.12. The fraction of sp³-hybridized carbons (Fsp3) is 0.632. The number of ether oxygens (including phenoxy) is 1. The molecular formula is C19H27FO3. The molecule has 0 heterocycles. The number of esters is 1. The van der Waals surface area contributed by atoms with E-state index in [1.165, 1.54) is 12.1 Å². The molecule has 4 heteroatoms. The predicted molar refractivity (Wildman–Crippen MR) is 87.4 cm³/mol. The van der Waals surface area contributed by atoms with Crippen molar-refractivity contribution in [2.45, 2.75) is 65.6 Å². The van der Waals surface area contributed by atoms with Gasteiger partial charge in [-0.1, -0.05) is 40.7 Å². The summed E-state index contributed by atoms with van der Waals surface area (Å²) >= 11 is 0. The Morgan fingerprint density at radius 1 is 1.43 bits per heavy atom. The van der Waals surface area contributed by atoms with E-state index in [1.807, 2.05) is 34.6 Å². The number of carbonyl (C=O) groups excluding carboxylic acids is 1. The number of fused-ring (bicyclic) bond motifs is 1. The maximum Gasteiger partial charge on any atom is 0.308 e. The summed E-state index contributed by atoms with van der Waals surface area (Å²) in [6, 6.07) is 4.62. The highest BCUT2D eigenvalue weighted by Crippen LogP contribution is 2.45. The number of carbonyl (C=O) groups is 1. The van der Waals surface area contributed by atoms with E-state index in [1.54, 1.807) is 6.07 Å². The lowest BCUT2D eigenvalue weighted by molar-refractivity contribution is -0.230. The molecule has 0 spiro atoms. The largest absolute Gasteiger partial charge is 0.433 e. The Morgan fingerprint density at radius 2 is 2.09 bits per heavy atom. The molecule has 0 saturated carbocycles. The van der Waals surface area contributed by atoms with Crippen LogP contribution in [0.2, 0.25) is 0 Å². The van der Waals surface area contributed by atoms with Gasteiger partial charge in [-0.3, -0.25) is 4.79 Å². The quantitative estimate of drug-likeness (QED) is 0.671. The van der Waals surface area contributed by atoms with Gasteiger partial charge in [0.1, 0.15) is 5.82 Å². The van der Waals surface area contributed by atoms with Gasteiger partial charge in [-0.2, -0.15) is 0 Å². The molecule has 1 aliphatic rings. The van der Waals surface area contributed by atoms with Crippen molar-refractivity contribution >= 4 is 5.97 Å². The molecule has 0 fully saturated rings. The average molecular weight is 322 g/mol. The SMILES string of the molecule is CC(C)[C@@H]1c2ccc(F)cc2CC[C@@]1(O)OC(=O)CC(C)(C)C. The summed E-state index contributed by atoms with van der Waals surface area (Å²) in [5.74, 6) is -2.48. The third-order valence-electron chi connectivity index (χ3n) is 4.31. The minimum atomic E-state index is -1.53. The molecule has 3 nitrogen and oxygen atoms in total. The summed E-state index contributed by atoms with van der Waals surface area (Å²) in [6.45, 7) is 9.82. The lowest BCUT2D eigenvalue weighted by atomic mass is 9.72. The van der Waals surface area contributed by atoms with Crippen LogP contribution in [0.25, 0.3) is 0 Å². The lowest BCUT2D eigenvalue weighted by Gasteiger charge is -2.42. The van der Waals surface area contributed by atoms with Crippen LogP contribution in [-0.4, -0.2) is 16.9 Å². The van der Waals surface area contributed by atoms with Crippen molar-refractivity contribution in [2.24, 2.45) is 11.3 Å². The number of hydrogen-bond donors (Lipinski definition) is 1. The first kappa shape index (κ1) is 17.9. The van der Waals surface area contributed by atoms with Crippen LogP contribution < -0.4 is 0 Å². The molecule has 0 bridgehead atoms. The number of aliphatic hydroxyl groups is 1. The molecule has 1 aromatic rings. The zero-order valence-electron chi connectivity index (χ0n) is 14.6. The molecule has 0 saturated heterocycles. The van der Waals surface area contributed by atoms with E-state index in [0.717, 1.165) is 11.1 Å². The fourth-order valence-electron chi connectivity index (χ4n) is 3.47. The van der Waals surface area contributed by atoms with Gasteiger partial charge in [-0.05, 0) is 41.0 Å². The Kier molecular flexibility index (Phi) is 4.86. The second-order valence-corrected chi connectivity index (χ2v) is 8.12. The summed E-state index contributed by atoms with van der Waals surface area (Å²) in [7, 11) is 0. The lowest BCUT2D eigenvalue weighted by Crippen LogP contribution is -2.47. The van der Waals surface area contributed by atoms with E-state index < -0.39 is 11.8 Å². The van der Waals surface area contributed by atoms with Crippen molar-refractivity contribution < 1.29 is 19.0 Å². The Labute approximate surface area is 137 Å². The van der Waals surface area contributed by atoms with Crippen LogP contribution in [0.15, 0.2) is 18.2 Å². The fourth-order valence-corrected chi connectivity index (χ4v) is 3.47. The molecule has 2 rings (SSSR count). The van der Waals surface area contributed by atoms with Gasteiger partial charge in [0.25, 0.3) is 0 Å². The highest BCUT2D eigenvalue weighted by atomic mass is 19.1. The maximum absolute atomic E-state index is 13.5. The van der Waals surface area contributed by atoms with Gasteiger partial charge in [0, 0.05) is 6.42 Å². The average Bonchev–Trinajstić information content (AvgIpc) is 2.35. The normalized spacial score (nSPS) is 24.4. The molecule has 2 atom stereocenters. The molecule has 0 aliphatic heterocycles. The minimum absolute atomic E-state index is 0.0620. The van der Waals surface area contributed by atoms with Crippen molar-refractivity contribution in [2.75, 3.05) is 0 Å². The summed E-state index contributed by atoms with van der Waals surface area (Å²) in [5.41, 5.74) is 1.56. The van der Waals surface area contributed by atoms with Crippen molar-refractivity contribution in [3.05, 3.63) is 35.1 Å². The molecule has 0 amide bonds. The monoisotopic (exact) mass is 322 g/mol. The van der Waals surface area contributed by atoms with E-state index in [0.29, 0.717) is 12.8 Å². The Morgan fingerprint density at radius 3 is 2.65 bits per heavy atom. The van der Waals surface area contributed by atoms with Gasteiger partial charge < -0.3 is 9.84 Å². The first-order chi connectivity index (χ1) is 10.5. The van der Waals surface area contributed by atoms with Crippen LogP contribution in [0.4, 0.5) is 4.39 Å². The van der Waals surface area contributed by atoms with E-state index in [9.17, 15) is 14.3 Å². The summed E-state index contributed by atoms with van der Waals surface area (Å²) < 4.78 is 19.0. The molecule has 128 valence electrons. The van der Waals surface area contributed by atoms with E-state index in [2.05, 4.69) is 0 Å². The van der Waals surface area contributed by atoms with E-state index >= 15 is 0 Å². The molecule has 0 aromatic heterocycles. The Bertz CT molecular complexity index is 589. The van der Waals surface area contributed by atoms with Gasteiger partial charge in [0.15, 0.2) is 0 Å². The first-order valence-electron chi connectivity index (χ1n) is 8.24. The minimum Gasteiger partial charge on any atom is -0.433 e. The summed E-state index contributed by atoms with van der Waals surface area (Å²) in [5, 5.41) is 11.0. The molecule has 23 heavy (non-hydrogen) atoms. The summed E-state index contributed by atoms with van der Waals surface area (Å²) in [4.78, 5) is 12.2. The number of benzene rings is 1. The smallest absolute Gasteiger partial charge is 0.308 e. The van der Waals surface area contributed by atoms with Crippen molar-refractivity contribution in [3.8, 4) is 0 Å². The molecule has 0 radical (unpaired) electrons. The van der Waals surface area contributed by atoms with Crippen molar-refractivity contribution in [1.29, 1.82) is 0 Å². The Hall–Kier alpha value is -1.42. The van der Waals surface area contributed by atoms with Gasteiger partial charge in [0.2, 0.25) is 5.79 Å². The predicted octanol–water partition coefficient (Wildman–Crippen LogP) is 4.18. The van der Waals surface area contributed by atoms with Crippen LogP contribution in [0.5, 0.6) is 0 Å². The van der Waals surface area contributed by atoms with Gasteiger partial charge in [0.05, 0.1) is 12.3 Å². The maximum atomic E-state index is 13.5.